The summed E-state index contributed by atoms with van der Waals surface area (Å²) in [5.74, 6) is -0.235. The average molecular weight is 276 g/mol. The molecule has 0 radical (unpaired) electrons. The average Bonchev–Trinajstić information content (AvgIpc) is 2.26. The first-order chi connectivity index (χ1) is 8.36. The van der Waals surface area contributed by atoms with Gasteiger partial charge in [-0.3, -0.25) is 4.79 Å². The first-order valence-corrected chi connectivity index (χ1v) is 7.15. The van der Waals surface area contributed by atoms with Crippen LogP contribution in [0.1, 0.15) is 47.0 Å². The van der Waals surface area contributed by atoms with Crippen LogP contribution in [0, 0.1) is 0 Å². The zero-order valence-electron chi connectivity index (χ0n) is 11.6. The molecule has 4 nitrogen and oxygen atoms in total. The molecule has 0 saturated carbocycles. The Morgan fingerprint density at radius 1 is 1.44 bits per heavy atom. The van der Waals surface area contributed by atoms with Gasteiger partial charge in [0.05, 0.1) is 24.7 Å². The van der Waals surface area contributed by atoms with Gasteiger partial charge in [-0.05, 0) is 27.2 Å². The Labute approximate surface area is 115 Å². The van der Waals surface area contributed by atoms with Crippen molar-refractivity contribution < 1.29 is 19.0 Å². The molecule has 1 aliphatic rings. The van der Waals surface area contributed by atoms with Crippen LogP contribution in [0.25, 0.3) is 0 Å². The highest BCUT2D eigenvalue weighted by Gasteiger charge is 2.36. The summed E-state index contributed by atoms with van der Waals surface area (Å²) < 4.78 is 16.7. The second-order valence-electron chi connectivity index (χ2n) is 5.21. The van der Waals surface area contributed by atoms with Crippen molar-refractivity contribution >= 4 is 18.6 Å². The summed E-state index contributed by atoms with van der Waals surface area (Å²) in [5.41, 5.74) is 0. The van der Waals surface area contributed by atoms with Crippen molar-refractivity contribution in [1.82, 2.24) is 0 Å². The van der Waals surface area contributed by atoms with E-state index in [4.69, 9.17) is 14.2 Å². The number of ether oxygens (including phenoxy) is 3. The maximum atomic E-state index is 11.7. The van der Waals surface area contributed by atoms with Crippen LogP contribution in [-0.2, 0) is 19.0 Å². The molecule has 18 heavy (non-hydrogen) atoms. The number of esters is 1. The number of hydrogen-bond acceptors (Lipinski definition) is 5. The van der Waals surface area contributed by atoms with E-state index in [0.29, 0.717) is 12.2 Å². The molecule has 1 fully saturated rings. The van der Waals surface area contributed by atoms with E-state index in [-0.39, 0.29) is 30.7 Å². The molecule has 1 unspecified atom stereocenters. The van der Waals surface area contributed by atoms with Crippen LogP contribution >= 0.6 is 12.6 Å². The Morgan fingerprint density at radius 2 is 2.06 bits per heavy atom. The molecule has 1 saturated heterocycles. The van der Waals surface area contributed by atoms with Crippen LogP contribution in [0.3, 0.4) is 0 Å². The van der Waals surface area contributed by atoms with Crippen LogP contribution in [-0.4, -0.2) is 35.8 Å². The zero-order valence-corrected chi connectivity index (χ0v) is 12.5. The number of rotatable bonds is 5. The van der Waals surface area contributed by atoms with Gasteiger partial charge in [-0.25, -0.2) is 0 Å². The van der Waals surface area contributed by atoms with Gasteiger partial charge in [0.15, 0.2) is 5.79 Å². The summed E-state index contributed by atoms with van der Waals surface area (Å²) in [6.45, 7) is 7.59. The first-order valence-electron chi connectivity index (χ1n) is 6.52. The highest BCUT2D eigenvalue weighted by molar-refractivity contribution is 7.80. The monoisotopic (exact) mass is 276 g/mol. The van der Waals surface area contributed by atoms with E-state index in [1.807, 2.05) is 27.7 Å². The number of thiol groups is 1. The molecule has 0 amide bonds. The third-order valence-electron chi connectivity index (χ3n) is 2.93. The molecular formula is C13H24O4S. The lowest BCUT2D eigenvalue weighted by atomic mass is 10.1. The summed E-state index contributed by atoms with van der Waals surface area (Å²) in [5, 5.41) is 0. The standard InChI is InChI=1S/C13H24O4S/c1-5-9(2)15-12(14)7-10-6-11(8-18)17-13(3,4)16-10/h9-11,18H,5-8H2,1-4H3/t9?,10-,11+/m1/s1. The van der Waals surface area contributed by atoms with E-state index in [0.717, 1.165) is 6.42 Å². The lowest BCUT2D eigenvalue weighted by molar-refractivity contribution is -0.295. The minimum absolute atomic E-state index is 0.0264. The van der Waals surface area contributed by atoms with Gasteiger partial charge in [-0.2, -0.15) is 12.6 Å². The van der Waals surface area contributed by atoms with E-state index in [1.165, 1.54) is 0 Å². The number of carbonyl (C=O) groups is 1. The van der Waals surface area contributed by atoms with Gasteiger partial charge in [-0.1, -0.05) is 6.92 Å². The molecule has 1 aliphatic heterocycles. The van der Waals surface area contributed by atoms with Crippen LogP contribution in [0.5, 0.6) is 0 Å². The maximum Gasteiger partial charge on any atom is 0.308 e. The van der Waals surface area contributed by atoms with Gasteiger partial charge in [0.25, 0.3) is 0 Å². The molecule has 106 valence electrons. The molecule has 0 spiro atoms. The van der Waals surface area contributed by atoms with Crippen LogP contribution in [0.2, 0.25) is 0 Å². The lowest BCUT2D eigenvalue weighted by Gasteiger charge is -2.40. The molecule has 0 N–H and O–H groups in total. The van der Waals surface area contributed by atoms with Crippen LogP contribution in [0.4, 0.5) is 0 Å². The predicted molar refractivity (Wildman–Crippen MR) is 72.8 cm³/mol. The normalized spacial score (nSPS) is 28.7. The Bertz CT molecular complexity index is 280. The zero-order chi connectivity index (χ0) is 13.8. The second kappa shape index (κ2) is 6.78. The van der Waals surface area contributed by atoms with Crippen LogP contribution < -0.4 is 0 Å². The van der Waals surface area contributed by atoms with E-state index >= 15 is 0 Å². The van der Waals surface area contributed by atoms with E-state index in [1.54, 1.807) is 0 Å². The molecule has 0 bridgehead atoms. The fourth-order valence-corrected chi connectivity index (χ4v) is 2.22. The van der Waals surface area contributed by atoms with Gasteiger partial charge in [0, 0.05) is 12.2 Å². The first kappa shape index (κ1) is 15.8. The highest BCUT2D eigenvalue weighted by Crippen LogP contribution is 2.29. The third-order valence-corrected chi connectivity index (χ3v) is 3.34. The van der Waals surface area contributed by atoms with Crippen molar-refractivity contribution in [3.63, 3.8) is 0 Å². The fourth-order valence-electron chi connectivity index (χ4n) is 2.00. The van der Waals surface area contributed by atoms with Crippen molar-refractivity contribution in [2.24, 2.45) is 0 Å². The van der Waals surface area contributed by atoms with Crippen molar-refractivity contribution in [2.75, 3.05) is 5.75 Å². The summed E-state index contributed by atoms with van der Waals surface area (Å²) in [7, 11) is 0. The van der Waals surface area contributed by atoms with E-state index < -0.39 is 5.79 Å². The topological polar surface area (TPSA) is 44.8 Å². The molecule has 0 aliphatic carbocycles. The second-order valence-corrected chi connectivity index (χ2v) is 5.58. The van der Waals surface area contributed by atoms with Gasteiger partial charge < -0.3 is 14.2 Å². The minimum Gasteiger partial charge on any atom is -0.463 e. The quantitative estimate of drug-likeness (QED) is 0.619. The van der Waals surface area contributed by atoms with Crippen LogP contribution in [0.15, 0.2) is 0 Å². The number of hydrogen-bond donors (Lipinski definition) is 1. The largest absolute Gasteiger partial charge is 0.463 e. The van der Waals surface area contributed by atoms with Gasteiger partial charge >= 0.3 is 5.97 Å². The lowest BCUT2D eigenvalue weighted by Crippen LogP contribution is -2.46. The molecule has 1 rings (SSSR count). The molecule has 0 aromatic carbocycles. The molecule has 3 atom stereocenters. The van der Waals surface area contributed by atoms with Crippen molar-refractivity contribution in [1.29, 1.82) is 0 Å². The molecule has 5 heteroatoms. The van der Waals surface area contributed by atoms with E-state index in [9.17, 15) is 4.79 Å². The van der Waals surface area contributed by atoms with Crippen molar-refractivity contribution in [2.45, 2.75) is 71.1 Å². The molecule has 0 aromatic rings. The van der Waals surface area contributed by atoms with Gasteiger partial charge in [-0.15, -0.1) is 0 Å². The fraction of sp³-hybridized carbons (Fsp3) is 0.923. The predicted octanol–water partition coefficient (Wildman–Crippen LogP) is 2.56. The molecule has 0 aromatic heterocycles. The number of carbonyl (C=O) groups excluding carboxylic acids is 1. The third kappa shape index (κ3) is 5.16. The summed E-state index contributed by atoms with van der Waals surface area (Å²) in [4.78, 5) is 11.7. The highest BCUT2D eigenvalue weighted by atomic mass is 32.1. The summed E-state index contributed by atoms with van der Waals surface area (Å²) in [6, 6.07) is 0. The van der Waals surface area contributed by atoms with Gasteiger partial charge in [0.1, 0.15) is 0 Å². The Balaban J connectivity index is 2.48. The Hall–Kier alpha value is -0.260. The smallest absolute Gasteiger partial charge is 0.308 e. The molecular weight excluding hydrogens is 252 g/mol. The van der Waals surface area contributed by atoms with Crippen molar-refractivity contribution in [3.05, 3.63) is 0 Å². The Kier molecular flexibility index (Phi) is 5.95. The Morgan fingerprint density at radius 3 is 2.61 bits per heavy atom. The molecule has 1 heterocycles. The van der Waals surface area contributed by atoms with Crippen molar-refractivity contribution in [3.8, 4) is 0 Å². The van der Waals surface area contributed by atoms with E-state index in [2.05, 4.69) is 12.6 Å². The van der Waals surface area contributed by atoms with Gasteiger partial charge in [0.2, 0.25) is 0 Å². The summed E-state index contributed by atoms with van der Waals surface area (Å²) >= 11 is 4.25. The minimum atomic E-state index is -0.660. The summed E-state index contributed by atoms with van der Waals surface area (Å²) in [6.07, 6.45) is 1.63. The SMILES string of the molecule is CCC(C)OC(=O)C[C@H]1C[C@@H](CS)OC(C)(C)O1. The maximum absolute atomic E-state index is 11.7.